The maximum Gasteiger partial charge on any atom is 0.336 e. The molecule has 0 aliphatic carbocycles. The van der Waals surface area contributed by atoms with E-state index in [-0.39, 0.29) is 36.6 Å². The van der Waals surface area contributed by atoms with Crippen molar-refractivity contribution >= 4 is 58.1 Å². The third-order valence-electron chi connectivity index (χ3n) is 8.18. The summed E-state index contributed by atoms with van der Waals surface area (Å²) < 4.78 is 5.19. The van der Waals surface area contributed by atoms with Crippen LogP contribution in [0.25, 0.3) is 11.0 Å². The molecule has 2 heterocycles. The summed E-state index contributed by atoms with van der Waals surface area (Å²) in [5.74, 6) is -6.51. The maximum atomic E-state index is 13.7. The minimum atomic E-state index is -1.57. The van der Waals surface area contributed by atoms with Gasteiger partial charge >= 0.3 is 17.6 Å². The summed E-state index contributed by atoms with van der Waals surface area (Å²) in [6, 6.07) is 0.772. The number of carboxylic acids is 2. The van der Waals surface area contributed by atoms with Gasteiger partial charge < -0.3 is 40.8 Å². The fourth-order valence-electron chi connectivity index (χ4n) is 5.49. The summed E-state index contributed by atoms with van der Waals surface area (Å²) in [6.45, 7) is 6.58. The van der Waals surface area contributed by atoms with Crippen LogP contribution in [0.15, 0.2) is 33.5 Å². The molecule has 1 aromatic heterocycles. The number of rotatable bonds is 15. The van der Waals surface area contributed by atoms with Crippen molar-refractivity contribution in [2.24, 2.45) is 5.92 Å². The largest absolute Gasteiger partial charge is 0.481 e. The fourth-order valence-corrected chi connectivity index (χ4v) is 5.49. The Labute approximate surface area is 275 Å². The van der Waals surface area contributed by atoms with Crippen molar-refractivity contribution in [3.05, 3.63) is 40.2 Å². The lowest BCUT2D eigenvalue weighted by molar-refractivity contribution is -0.144. The minimum Gasteiger partial charge on any atom is -0.481 e. The van der Waals surface area contributed by atoms with Gasteiger partial charge in [-0.1, -0.05) is 20.3 Å². The van der Waals surface area contributed by atoms with Crippen molar-refractivity contribution in [3.63, 3.8) is 0 Å². The van der Waals surface area contributed by atoms with Crippen LogP contribution in [0.3, 0.4) is 0 Å². The van der Waals surface area contributed by atoms with Gasteiger partial charge in [-0.2, -0.15) is 0 Å². The summed E-state index contributed by atoms with van der Waals surface area (Å²) in [5, 5.41) is 29.4. The van der Waals surface area contributed by atoms with Crippen LogP contribution in [0.1, 0.15) is 64.9 Å². The predicted molar refractivity (Wildman–Crippen MR) is 171 cm³/mol. The minimum absolute atomic E-state index is 0.0777. The molecule has 2 aromatic rings. The number of anilines is 1. The van der Waals surface area contributed by atoms with Gasteiger partial charge in [0.15, 0.2) is 0 Å². The first-order valence-electron chi connectivity index (χ1n) is 15.6. The molecule has 0 saturated carbocycles. The third-order valence-corrected chi connectivity index (χ3v) is 8.18. The molecule has 16 nitrogen and oxygen atoms in total. The second-order valence-electron chi connectivity index (χ2n) is 11.9. The molecular formula is C32H41N5O11. The van der Waals surface area contributed by atoms with E-state index in [0.717, 1.165) is 0 Å². The first-order chi connectivity index (χ1) is 22.6. The van der Waals surface area contributed by atoms with Crippen molar-refractivity contribution in [1.29, 1.82) is 0 Å². The molecule has 1 aromatic carbocycles. The zero-order valence-electron chi connectivity index (χ0n) is 27.2. The topological polar surface area (TPSA) is 242 Å². The molecule has 0 radical (unpaired) electrons. The molecule has 260 valence electrons. The smallest absolute Gasteiger partial charge is 0.336 e. The van der Waals surface area contributed by atoms with Gasteiger partial charge in [0.2, 0.25) is 29.5 Å². The van der Waals surface area contributed by atoms with E-state index in [1.807, 2.05) is 6.92 Å². The molecule has 3 rings (SSSR count). The average Bonchev–Trinajstić information content (AvgIpc) is 3.50. The number of nitrogens with zero attached hydrogens (tertiary/aromatic N) is 1. The van der Waals surface area contributed by atoms with Crippen molar-refractivity contribution in [2.75, 3.05) is 11.9 Å². The molecule has 0 unspecified atom stereocenters. The Morgan fingerprint density at radius 1 is 0.979 bits per heavy atom. The molecule has 16 heteroatoms. The van der Waals surface area contributed by atoms with E-state index in [2.05, 4.69) is 21.3 Å². The number of carbonyl (C=O) groups is 7. The van der Waals surface area contributed by atoms with Crippen molar-refractivity contribution in [1.82, 2.24) is 20.9 Å². The number of amides is 5. The Balaban J connectivity index is 1.79. The van der Waals surface area contributed by atoms with Gasteiger partial charge in [-0.3, -0.25) is 33.6 Å². The van der Waals surface area contributed by atoms with Crippen LogP contribution in [0.2, 0.25) is 0 Å². The quantitative estimate of drug-likeness (QED) is 0.145. The van der Waals surface area contributed by atoms with Crippen molar-refractivity contribution in [2.45, 2.75) is 90.4 Å². The standard InChI is InChI=1S/C32H41N5O11/c1-5-16(2)28(33-18(4)38)31(46)35-21(10-11-25(39)40)32(47)37-12-6-7-23(37)30(45)36-22(15-26(41)42)29(44)34-19-8-9-20-17(3)13-27(43)48-24(20)14-19/h8-9,13-14,16,21-23,28H,5-7,10-12,15H2,1-4H3,(H,33,38)(H,34,44)(H,35,46)(H,36,45)(H,39,40)(H,41,42)/t16-,21+,22+,23-,28-/m0/s1. The number of aryl methyl sites for hydroxylation is 1. The van der Waals surface area contributed by atoms with Gasteiger partial charge in [-0.05, 0) is 49.8 Å². The van der Waals surface area contributed by atoms with Crippen LogP contribution >= 0.6 is 0 Å². The highest BCUT2D eigenvalue weighted by Crippen LogP contribution is 2.23. The molecule has 1 fully saturated rings. The number of hydrogen-bond donors (Lipinski definition) is 6. The van der Waals surface area contributed by atoms with Gasteiger partial charge in [-0.25, -0.2) is 4.79 Å². The molecule has 6 N–H and O–H groups in total. The Morgan fingerprint density at radius 3 is 2.31 bits per heavy atom. The number of nitrogens with one attached hydrogen (secondary N) is 4. The molecule has 1 aliphatic heterocycles. The normalized spacial score (nSPS) is 16.7. The highest BCUT2D eigenvalue weighted by Gasteiger charge is 2.40. The molecule has 5 amide bonds. The molecule has 48 heavy (non-hydrogen) atoms. The number of aliphatic carboxylic acids is 2. The lowest BCUT2D eigenvalue weighted by Crippen LogP contribution is -2.58. The Morgan fingerprint density at radius 2 is 1.69 bits per heavy atom. The monoisotopic (exact) mass is 671 g/mol. The predicted octanol–water partition coefficient (Wildman–Crippen LogP) is 0.891. The lowest BCUT2D eigenvalue weighted by atomic mass is 9.97. The summed E-state index contributed by atoms with van der Waals surface area (Å²) in [6.07, 6.45) is -0.535. The van der Waals surface area contributed by atoms with E-state index < -0.39 is 84.1 Å². The van der Waals surface area contributed by atoms with Crippen LogP contribution in [0.4, 0.5) is 5.69 Å². The van der Waals surface area contributed by atoms with Crippen molar-refractivity contribution < 1.29 is 48.2 Å². The third kappa shape index (κ3) is 9.86. The zero-order valence-corrected chi connectivity index (χ0v) is 27.2. The molecular weight excluding hydrogens is 630 g/mol. The number of carboxylic acid groups (broad SMARTS) is 2. The van der Waals surface area contributed by atoms with Gasteiger partial charge in [0.1, 0.15) is 29.8 Å². The van der Waals surface area contributed by atoms with Crippen LogP contribution in [-0.2, 0) is 33.6 Å². The Kier molecular flexibility index (Phi) is 12.8. The summed E-state index contributed by atoms with van der Waals surface area (Å²) in [5.41, 5.74) is 0.422. The van der Waals surface area contributed by atoms with Gasteiger partial charge in [0.25, 0.3) is 0 Å². The second-order valence-corrected chi connectivity index (χ2v) is 11.9. The van der Waals surface area contributed by atoms with E-state index in [9.17, 15) is 48.6 Å². The van der Waals surface area contributed by atoms with E-state index in [1.165, 1.54) is 30.0 Å². The SMILES string of the molecule is CC[C@H](C)[C@H](NC(C)=O)C(=O)N[C@H](CCC(=O)O)C(=O)N1CCC[C@H]1C(=O)N[C@H](CC(=O)O)C(=O)Nc1ccc2c(C)cc(=O)oc2c1. The fraction of sp³-hybridized carbons (Fsp3) is 0.500. The average molecular weight is 672 g/mol. The highest BCUT2D eigenvalue weighted by atomic mass is 16.4. The van der Waals surface area contributed by atoms with Gasteiger partial charge in [0.05, 0.1) is 6.42 Å². The van der Waals surface area contributed by atoms with Crippen LogP contribution in [0.5, 0.6) is 0 Å². The summed E-state index contributed by atoms with van der Waals surface area (Å²) in [7, 11) is 0. The van der Waals surface area contributed by atoms with Crippen LogP contribution in [0, 0.1) is 12.8 Å². The zero-order chi connectivity index (χ0) is 35.7. The second kappa shape index (κ2) is 16.5. The van der Waals surface area contributed by atoms with Gasteiger partial charge in [-0.15, -0.1) is 0 Å². The van der Waals surface area contributed by atoms with E-state index in [0.29, 0.717) is 23.8 Å². The first-order valence-corrected chi connectivity index (χ1v) is 15.6. The Bertz CT molecular complexity index is 1640. The Hall–Kier alpha value is -5.28. The molecule has 1 aliphatic rings. The van der Waals surface area contributed by atoms with Crippen LogP contribution < -0.4 is 26.9 Å². The summed E-state index contributed by atoms with van der Waals surface area (Å²) in [4.78, 5) is 101. The lowest BCUT2D eigenvalue weighted by Gasteiger charge is -2.31. The number of likely N-dealkylation sites (tertiary alicyclic amines) is 1. The highest BCUT2D eigenvalue weighted by molar-refractivity contribution is 6.01. The molecule has 1 saturated heterocycles. The number of fused-ring (bicyclic) bond motifs is 1. The molecule has 0 spiro atoms. The van der Waals surface area contributed by atoms with E-state index >= 15 is 0 Å². The van der Waals surface area contributed by atoms with Crippen LogP contribution in [-0.4, -0.2) is 87.3 Å². The van der Waals surface area contributed by atoms with Crippen molar-refractivity contribution in [3.8, 4) is 0 Å². The summed E-state index contributed by atoms with van der Waals surface area (Å²) >= 11 is 0. The number of hydrogen-bond acceptors (Lipinski definition) is 9. The molecule has 5 atom stereocenters. The first kappa shape index (κ1) is 37.2. The maximum absolute atomic E-state index is 13.7. The van der Waals surface area contributed by atoms with E-state index in [4.69, 9.17) is 4.42 Å². The molecule has 0 bridgehead atoms. The number of benzene rings is 1. The number of carbonyl (C=O) groups excluding carboxylic acids is 5. The van der Waals surface area contributed by atoms with Gasteiger partial charge in [0, 0.05) is 43.1 Å². The van der Waals surface area contributed by atoms with E-state index in [1.54, 1.807) is 19.9 Å².